The van der Waals surface area contributed by atoms with Crippen molar-refractivity contribution in [2.24, 2.45) is 0 Å². The normalized spacial score (nSPS) is 14.0. The van der Waals surface area contributed by atoms with E-state index < -0.39 is 6.10 Å². The van der Waals surface area contributed by atoms with Crippen LogP contribution in [0.2, 0.25) is 0 Å². The van der Waals surface area contributed by atoms with Crippen LogP contribution in [-0.2, 0) is 27.5 Å². The van der Waals surface area contributed by atoms with Gasteiger partial charge in [0, 0.05) is 18.1 Å². The topological polar surface area (TPSA) is 60.5 Å². The molecule has 2 heterocycles. The van der Waals surface area contributed by atoms with Gasteiger partial charge >= 0.3 is 0 Å². The van der Waals surface area contributed by atoms with Gasteiger partial charge in [-0.05, 0) is 22.8 Å². The van der Waals surface area contributed by atoms with E-state index in [1.54, 1.807) is 0 Å². The minimum Gasteiger partial charge on any atom is -0.372 e. The lowest BCUT2D eigenvalue weighted by Crippen LogP contribution is -2.22. The number of rotatable bonds is 5. The van der Waals surface area contributed by atoms with E-state index >= 15 is 0 Å². The first-order valence-electron chi connectivity index (χ1n) is 8.28. The molecule has 0 saturated carbocycles. The second-order valence-electron chi connectivity index (χ2n) is 6.03. The summed E-state index contributed by atoms with van der Waals surface area (Å²) in [6.45, 7) is 1.31. The van der Waals surface area contributed by atoms with E-state index in [-0.39, 0.29) is 5.91 Å². The van der Waals surface area contributed by atoms with Crippen molar-refractivity contribution in [3.8, 4) is 11.3 Å². The van der Waals surface area contributed by atoms with Gasteiger partial charge in [0.15, 0.2) is 11.2 Å². The number of ether oxygens (including phenoxy) is 2. The molecule has 0 bridgehead atoms. The number of hydrogen-bond donors (Lipinski definition) is 1. The van der Waals surface area contributed by atoms with E-state index in [2.05, 4.69) is 22.4 Å². The van der Waals surface area contributed by atoms with Crippen LogP contribution in [0.1, 0.15) is 22.8 Å². The first kappa shape index (κ1) is 16.9. The Morgan fingerprint density at radius 2 is 2.00 bits per heavy atom. The molecule has 1 aliphatic heterocycles. The Morgan fingerprint density at radius 1 is 1.19 bits per heavy atom. The molecule has 5 nitrogen and oxygen atoms in total. The number of nitrogens with zero attached hydrogens (tertiary/aromatic N) is 1. The Bertz CT molecular complexity index is 924. The van der Waals surface area contributed by atoms with E-state index in [0.717, 1.165) is 16.8 Å². The second-order valence-corrected chi connectivity index (χ2v) is 6.89. The molecule has 0 radical (unpaired) electrons. The molecule has 6 heteroatoms. The lowest BCUT2D eigenvalue weighted by atomic mass is 10.1. The molecule has 0 aliphatic carbocycles. The Labute approximate surface area is 155 Å². The molecule has 1 aliphatic rings. The van der Waals surface area contributed by atoms with E-state index in [4.69, 9.17) is 9.47 Å². The summed E-state index contributed by atoms with van der Waals surface area (Å²) in [7, 11) is 1.52. The van der Waals surface area contributed by atoms with E-state index in [9.17, 15) is 4.79 Å². The lowest BCUT2D eigenvalue weighted by Gasteiger charge is -2.14. The average Bonchev–Trinajstić information content (AvgIpc) is 3.31. The maximum absolute atomic E-state index is 12.6. The van der Waals surface area contributed by atoms with E-state index in [1.165, 1.54) is 29.6 Å². The number of anilines is 1. The zero-order valence-corrected chi connectivity index (χ0v) is 15.1. The van der Waals surface area contributed by atoms with Crippen LogP contribution in [0.5, 0.6) is 0 Å². The molecule has 4 rings (SSSR count). The second kappa shape index (κ2) is 7.37. The molecule has 1 amide bonds. The summed E-state index contributed by atoms with van der Waals surface area (Å²) in [6, 6.07) is 15.6. The molecule has 26 heavy (non-hydrogen) atoms. The zero-order chi connectivity index (χ0) is 17.9. The van der Waals surface area contributed by atoms with Gasteiger partial charge in [-0.2, -0.15) is 0 Å². The third-order valence-electron chi connectivity index (χ3n) is 4.33. The number of fused-ring (bicyclic) bond motifs is 1. The SMILES string of the molecule is CO[C@@H](C(=O)Nc1nc(-c2ccc3c(c2)COC3)cs1)c1ccccc1. The van der Waals surface area contributed by atoms with Crippen LogP contribution in [0.3, 0.4) is 0 Å². The van der Waals surface area contributed by atoms with Gasteiger partial charge in [-0.15, -0.1) is 11.3 Å². The highest BCUT2D eigenvalue weighted by Gasteiger charge is 2.21. The van der Waals surface area contributed by atoms with Gasteiger partial charge in [0.05, 0.1) is 18.9 Å². The molecule has 0 saturated heterocycles. The summed E-state index contributed by atoms with van der Waals surface area (Å²) in [5.74, 6) is -0.234. The molecule has 0 fully saturated rings. The fraction of sp³-hybridized carbons (Fsp3) is 0.200. The van der Waals surface area contributed by atoms with Crippen LogP contribution in [-0.4, -0.2) is 18.0 Å². The number of methoxy groups -OCH3 is 1. The van der Waals surface area contributed by atoms with Crippen LogP contribution >= 0.6 is 11.3 Å². The van der Waals surface area contributed by atoms with Gasteiger partial charge in [-0.3, -0.25) is 10.1 Å². The van der Waals surface area contributed by atoms with Crippen molar-refractivity contribution in [3.63, 3.8) is 0 Å². The molecule has 132 valence electrons. The van der Waals surface area contributed by atoms with Crippen molar-refractivity contribution >= 4 is 22.4 Å². The van der Waals surface area contributed by atoms with Gasteiger partial charge in [0.2, 0.25) is 0 Å². The van der Waals surface area contributed by atoms with Crippen molar-refractivity contribution in [2.45, 2.75) is 19.3 Å². The van der Waals surface area contributed by atoms with E-state index in [0.29, 0.717) is 18.3 Å². The molecular weight excluding hydrogens is 348 g/mol. The lowest BCUT2D eigenvalue weighted by molar-refractivity contribution is -0.126. The summed E-state index contributed by atoms with van der Waals surface area (Å²) in [6.07, 6.45) is -0.666. The number of hydrogen-bond acceptors (Lipinski definition) is 5. The van der Waals surface area contributed by atoms with Gasteiger partial charge in [0.1, 0.15) is 0 Å². The summed E-state index contributed by atoms with van der Waals surface area (Å²) in [5.41, 5.74) is 5.10. The molecule has 2 aromatic carbocycles. The molecular formula is C20H18N2O3S. The Hall–Kier alpha value is -2.54. The summed E-state index contributed by atoms with van der Waals surface area (Å²) >= 11 is 1.40. The first-order valence-corrected chi connectivity index (χ1v) is 9.16. The van der Waals surface area contributed by atoms with Crippen molar-refractivity contribution in [2.75, 3.05) is 12.4 Å². The summed E-state index contributed by atoms with van der Waals surface area (Å²) in [4.78, 5) is 17.1. The van der Waals surface area contributed by atoms with E-state index in [1.807, 2.05) is 41.8 Å². The van der Waals surface area contributed by atoms with Crippen LogP contribution in [0, 0.1) is 0 Å². The zero-order valence-electron chi connectivity index (χ0n) is 14.3. The Balaban J connectivity index is 1.50. The predicted molar refractivity (Wildman–Crippen MR) is 101 cm³/mol. The number of benzene rings is 2. The molecule has 1 N–H and O–H groups in total. The molecule has 1 aromatic heterocycles. The van der Waals surface area contributed by atoms with Crippen LogP contribution < -0.4 is 5.32 Å². The highest BCUT2D eigenvalue weighted by Crippen LogP contribution is 2.30. The molecule has 0 unspecified atom stereocenters. The number of nitrogens with one attached hydrogen (secondary N) is 1. The quantitative estimate of drug-likeness (QED) is 0.736. The fourth-order valence-electron chi connectivity index (χ4n) is 2.99. The number of thiazole rings is 1. The highest BCUT2D eigenvalue weighted by atomic mass is 32.1. The minimum atomic E-state index is -0.666. The first-order chi connectivity index (χ1) is 12.7. The molecule has 1 atom stereocenters. The Kier molecular flexibility index (Phi) is 4.79. The minimum absolute atomic E-state index is 0.234. The standard InChI is InChI=1S/C20H18N2O3S/c1-24-18(13-5-3-2-4-6-13)19(23)22-20-21-17(12-26-20)14-7-8-15-10-25-11-16(15)9-14/h2-9,12,18H,10-11H2,1H3,(H,21,22,23)/t18-/m1/s1. The van der Waals surface area contributed by atoms with Gasteiger partial charge < -0.3 is 9.47 Å². The monoisotopic (exact) mass is 366 g/mol. The van der Waals surface area contributed by atoms with Crippen LogP contribution in [0.4, 0.5) is 5.13 Å². The average molecular weight is 366 g/mol. The highest BCUT2D eigenvalue weighted by molar-refractivity contribution is 7.14. The number of aromatic nitrogens is 1. The maximum atomic E-state index is 12.6. The van der Waals surface area contributed by atoms with Crippen LogP contribution in [0.15, 0.2) is 53.9 Å². The van der Waals surface area contributed by atoms with Crippen molar-refractivity contribution in [1.82, 2.24) is 4.98 Å². The number of carbonyl (C=O) groups excluding carboxylic acids is 1. The fourth-order valence-corrected chi connectivity index (χ4v) is 3.71. The van der Waals surface area contributed by atoms with Gasteiger partial charge in [-0.25, -0.2) is 4.98 Å². The molecule has 3 aromatic rings. The third kappa shape index (κ3) is 3.39. The predicted octanol–water partition coefficient (Wildman–Crippen LogP) is 4.17. The van der Waals surface area contributed by atoms with Gasteiger partial charge in [0.25, 0.3) is 5.91 Å². The maximum Gasteiger partial charge on any atom is 0.259 e. The largest absolute Gasteiger partial charge is 0.372 e. The summed E-state index contributed by atoms with van der Waals surface area (Å²) in [5, 5.41) is 5.35. The number of amides is 1. The number of carbonyl (C=O) groups is 1. The smallest absolute Gasteiger partial charge is 0.259 e. The van der Waals surface area contributed by atoms with Crippen LogP contribution in [0.25, 0.3) is 11.3 Å². The van der Waals surface area contributed by atoms with Crippen molar-refractivity contribution in [3.05, 3.63) is 70.6 Å². The third-order valence-corrected chi connectivity index (χ3v) is 5.09. The van der Waals surface area contributed by atoms with Crippen molar-refractivity contribution < 1.29 is 14.3 Å². The molecule has 0 spiro atoms. The van der Waals surface area contributed by atoms with Gasteiger partial charge in [-0.1, -0.05) is 42.5 Å². The summed E-state index contributed by atoms with van der Waals surface area (Å²) < 4.78 is 10.8. The van der Waals surface area contributed by atoms with Crippen molar-refractivity contribution in [1.29, 1.82) is 0 Å². The Morgan fingerprint density at radius 3 is 2.81 bits per heavy atom.